The molecule has 0 radical (unpaired) electrons. The summed E-state index contributed by atoms with van der Waals surface area (Å²) in [5.41, 5.74) is 3.64. The summed E-state index contributed by atoms with van der Waals surface area (Å²) in [5, 5.41) is 10.6. The molecule has 5 nitrogen and oxygen atoms in total. The third-order valence-corrected chi connectivity index (χ3v) is 5.44. The number of anilines is 2. The van der Waals surface area contributed by atoms with Gasteiger partial charge < -0.3 is 16.0 Å². The molecule has 150 valence electrons. The van der Waals surface area contributed by atoms with Crippen LogP contribution in [0.15, 0.2) is 66.0 Å². The fraction of sp³-hybridized carbons (Fsp3) is 0.217. The van der Waals surface area contributed by atoms with Crippen molar-refractivity contribution >= 4 is 34.6 Å². The lowest BCUT2D eigenvalue weighted by atomic mass is 9.98. The minimum atomic E-state index is -0.288. The molecule has 0 fully saturated rings. The molecule has 3 N–H and O–H groups in total. The number of rotatable bonds is 6. The van der Waals surface area contributed by atoms with Gasteiger partial charge in [0.15, 0.2) is 0 Å². The highest BCUT2D eigenvalue weighted by Crippen LogP contribution is 2.27. The van der Waals surface area contributed by atoms with Crippen molar-refractivity contribution in [3.63, 3.8) is 0 Å². The Morgan fingerprint density at radius 2 is 1.41 bits per heavy atom. The van der Waals surface area contributed by atoms with E-state index < -0.39 is 0 Å². The lowest BCUT2D eigenvalue weighted by Gasteiger charge is -2.19. The van der Waals surface area contributed by atoms with Gasteiger partial charge in [-0.3, -0.25) is 4.79 Å². The van der Waals surface area contributed by atoms with Crippen LogP contribution >= 0.6 is 11.3 Å². The Labute approximate surface area is 175 Å². The molecule has 0 saturated heterocycles. The van der Waals surface area contributed by atoms with Crippen molar-refractivity contribution in [3.05, 3.63) is 82.0 Å². The van der Waals surface area contributed by atoms with Crippen LogP contribution in [0.4, 0.5) is 16.2 Å². The number of hydrogen-bond donors (Lipinski definition) is 3. The van der Waals surface area contributed by atoms with Crippen molar-refractivity contribution in [3.8, 4) is 0 Å². The molecular formula is C23H25N3O2S. The Balaban J connectivity index is 1.72. The van der Waals surface area contributed by atoms with Gasteiger partial charge in [-0.25, -0.2) is 4.79 Å². The Bertz CT molecular complexity index is 949. The largest absolute Gasteiger partial charge is 0.326 e. The molecule has 1 aromatic heterocycles. The molecule has 1 heterocycles. The van der Waals surface area contributed by atoms with E-state index in [2.05, 4.69) is 54.1 Å². The molecule has 0 aliphatic rings. The van der Waals surface area contributed by atoms with Crippen LogP contribution in [0.3, 0.4) is 0 Å². The van der Waals surface area contributed by atoms with Gasteiger partial charge in [0.1, 0.15) is 0 Å². The van der Waals surface area contributed by atoms with Gasteiger partial charge >= 0.3 is 6.03 Å². The molecule has 29 heavy (non-hydrogen) atoms. The zero-order valence-corrected chi connectivity index (χ0v) is 17.5. The monoisotopic (exact) mass is 407 g/mol. The summed E-state index contributed by atoms with van der Waals surface area (Å²) in [6.45, 7) is 5.78. The second-order valence-electron chi connectivity index (χ2n) is 7.13. The lowest BCUT2D eigenvalue weighted by molar-refractivity contribution is -0.114. The van der Waals surface area contributed by atoms with Crippen molar-refractivity contribution in [2.24, 2.45) is 0 Å². The van der Waals surface area contributed by atoms with Crippen molar-refractivity contribution < 1.29 is 9.59 Å². The second-order valence-corrected chi connectivity index (χ2v) is 8.11. The van der Waals surface area contributed by atoms with Crippen LogP contribution in [0, 0.1) is 0 Å². The molecule has 0 saturated carbocycles. The number of thiophene rings is 1. The number of hydrogen-bond acceptors (Lipinski definition) is 3. The van der Waals surface area contributed by atoms with Crippen LogP contribution in [0.5, 0.6) is 0 Å². The zero-order valence-electron chi connectivity index (χ0n) is 16.7. The van der Waals surface area contributed by atoms with E-state index in [0.717, 1.165) is 10.4 Å². The highest BCUT2D eigenvalue weighted by atomic mass is 32.1. The fourth-order valence-corrected chi connectivity index (χ4v) is 3.79. The van der Waals surface area contributed by atoms with Crippen LogP contribution < -0.4 is 16.0 Å². The van der Waals surface area contributed by atoms with E-state index in [-0.39, 0.29) is 18.0 Å². The molecule has 1 atom stereocenters. The highest BCUT2D eigenvalue weighted by Gasteiger charge is 2.18. The van der Waals surface area contributed by atoms with Gasteiger partial charge in [-0.1, -0.05) is 44.2 Å². The van der Waals surface area contributed by atoms with Gasteiger partial charge in [-0.15, -0.1) is 11.3 Å². The predicted molar refractivity (Wildman–Crippen MR) is 120 cm³/mol. The second kappa shape index (κ2) is 9.39. The van der Waals surface area contributed by atoms with E-state index in [1.165, 1.54) is 12.5 Å². The van der Waals surface area contributed by atoms with Crippen molar-refractivity contribution in [1.82, 2.24) is 5.32 Å². The molecule has 3 rings (SSSR count). The molecule has 0 aliphatic heterocycles. The van der Waals surface area contributed by atoms with Gasteiger partial charge in [-0.2, -0.15) is 0 Å². The zero-order chi connectivity index (χ0) is 20.8. The third kappa shape index (κ3) is 5.68. The Morgan fingerprint density at radius 1 is 0.828 bits per heavy atom. The van der Waals surface area contributed by atoms with E-state index in [4.69, 9.17) is 0 Å². The number of benzene rings is 2. The maximum absolute atomic E-state index is 12.6. The van der Waals surface area contributed by atoms with E-state index >= 15 is 0 Å². The quantitative estimate of drug-likeness (QED) is 0.487. The van der Waals surface area contributed by atoms with Crippen molar-refractivity contribution in [1.29, 1.82) is 0 Å². The summed E-state index contributed by atoms with van der Waals surface area (Å²) in [5.74, 6) is 0.326. The first-order valence-corrected chi connectivity index (χ1v) is 10.4. The Morgan fingerprint density at radius 3 is 1.93 bits per heavy atom. The van der Waals surface area contributed by atoms with E-state index in [0.29, 0.717) is 17.3 Å². The molecule has 0 aliphatic carbocycles. The first-order chi connectivity index (χ1) is 13.9. The van der Waals surface area contributed by atoms with Gasteiger partial charge in [0.2, 0.25) is 5.91 Å². The summed E-state index contributed by atoms with van der Waals surface area (Å²) >= 11 is 1.61. The highest BCUT2D eigenvalue weighted by molar-refractivity contribution is 7.10. The number of amides is 3. The predicted octanol–water partition coefficient (Wildman–Crippen LogP) is 5.74. The van der Waals surface area contributed by atoms with Crippen molar-refractivity contribution in [2.75, 3.05) is 10.6 Å². The summed E-state index contributed by atoms with van der Waals surface area (Å²) in [4.78, 5) is 24.8. The average Bonchev–Trinajstić information content (AvgIpc) is 3.22. The summed E-state index contributed by atoms with van der Waals surface area (Å²) in [6.07, 6.45) is 0. The van der Waals surface area contributed by atoms with E-state index in [1.807, 2.05) is 17.5 Å². The average molecular weight is 408 g/mol. The maximum atomic E-state index is 12.6. The third-order valence-electron chi connectivity index (χ3n) is 4.50. The molecule has 0 spiro atoms. The lowest BCUT2D eigenvalue weighted by Crippen LogP contribution is -2.32. The molecular weight excluding hydrogens is 382 g/mol. The number of nitrogens with one attached hydrogen (secondary N) is 3. The van der Waals surface area contributed by atoms with Crippen LogP contribution in [-0.4, -0.2) is 11.9 Å². The smallest absolute Gasteiger partial charge is 0.320 e. The van der Waals surface area contributed by atoms with Crippen LogP contribution in [0.1, 0.15) is 48.7 Å². The minimum Gasteiger partial charge on any atom is -0.326 e. The number of carbonyl (C=O) groups excluding carboxylic acids is 2. The molecule has 0 unspecified atom stereocenters. The fourth-order valence-electron chi connectivity index (χ4n) is 2.99. The molecule has 0 bridgehead atoms. The summed E-state index contributed by atoms with van der Waals surface area (Å²) in [6, 6.07) is 18.9. The minimum absolute atomic E-state index is 0.134. The van der Waals surface area contributed by atoms with Gasteiger partial charge in [0.25, 0.3) is 0 Å². The van der Waals surface area contributed by atoms with Crippen LogP contribution in [0.25, 0.3) is 0 Å². The standard InChI is InChI=1S/C23H25N3O2S/c1-15(2)17-6-8-18(9-7-17)22(21-5-4-14-29-21)26-23(28)25-20-12-10-19(11-13-20)24-16(3)27/h4-15,22H,1-3H3,(H,24,27)(H2,25,26,28)/t22-/m1/s1. The normalized spacial score (nSPS) is 11.7. The Kier molecular flexibility index (Phi) is 6.67. The van der Waals surface area contributed by atoms with Gasteiger partial charge in [-0.05, 0) is 52.8 Å². The Hall–Kier alpha value is -3.12. The van der Waals surface area contributed by atoms with Crippen molar-refractivity contribution in [2.45, 2.75) is 32.7 Å². The number of urea groups is 1. The number of carbonyl (C=O) groups is 2. The summed E-state index contributed by atoms with van der Waals surface area (Å²) < 4.78 is 0. The van der Waals surface area contributed by atoms with Gasteiger partial charge in [0.05, 0.1) is 6.04 Å². The molecule has 6 heteroatoms. The molecule has 3 amide bonds. The first kappa shape index (κ1) is 20.6. The topological polar surface area (TPSA) is 70.2 Å². The maximum Gasteiger partial charge on any atom is 0.320 e. The van der Waals surface area contributed by atoms with Crippen LogP contribution in [0.2, 0.25) is 0 Å². The van der Waals surface area contributed by atoms with Crippen LogP contribution in [-0.2, 0) is 4.79 Å². The summed E-state index contributed by atoms with van der Waals surface area (Å²) in [7, 11) is 0. The molecule has 3 aromatic rings. The van der Waals surface area contributed by atoms with Gasteiger partial charge in [0, 0.05) is 23.2 Å². The molecule has 2 aromatic carbocycles. The first-order valence-electron chi connectivity index (χ1n) is 9.51. The SMILES string of the molecule is CC(=O)Nc1ccc(NC(=O)N[C@H](c2ccc(C(C)C)cc2)c2cccs2)cc1. The van der Waals surface area contributed by atoms with E-state index in [1.54, 1.807) is 35.6 Å². The van der Waals surface area contributed by atoms with E-state index in [9.17, 15) is 9.59 Å².